The molecule has 5 aromatic carbocycles. The first kappa shape index (κ1) is 29.3. The van der Waals surface area contributed by atoms with Crippen molar-refractivity contribution in [1.82, 2.24) is 4.57 Å². The molecular weight excluding hydrogens is 591 g/mol. The Morgan fingerprint density at radius 3 is 1.67 bits per heavy atom. The third kappa shape index (κ3) is 4.70. The van der Waals surface area contributed by atoms with Gasteiger partial charge >= 0.3 is 5.97 Å². The number of hydrogen-bond donors (Lipinski definition) is 0. The second-order valence-electron chi connectivity index (χ2n) is 11.0. The summed E-state index contributed by atoms with van der Waals surface area (Å²) in [7, 11) is 1.40. The Balaban J connectivity index is 1.79. The largest absolute Gasteiger partial charge is 0.468 e. The van der Waals surface area contributed by atoms with E-state index in [0.717, 1.165) is 21.3 Å². The summed E-state index contributed by atoms with van der Waals surface area (Å²) < 4.78 is 14.1. The van der Waals surface area contributed by atoms with Crippen LogP contribution in [0.5, 0.6) is 5.88 Å². The zero-order valence-electron chi connectivity index (χ0n) is 25.4. The van der Waals surface area contributed by atoms with Crippen molar-refractivity contribution < 1.29 is 19.1 Å². The molecule has 1 aliphatic heterocycles. The molecule has 6 nitrogen and oxygen atoms in total. The molecule has 2 heterocycles. The van der Waals surface area contributed by atoms with E-state index < -0.39 is 18.8 Å². The Hall–Kier alpha value is -5.45. The predicted octanol–water partition coefficient (Wildman–Crippen LogP) is 6.85. The maximum atomic E-state index is 14.5. The van der Waals surface area contributed by atoms with Crippen LogP contribution in [0.2, 0.25) is 0 Å². The normalized spacial score (nSPS) is 15.3. The molecular formula is C39H31N2O4P. The van der Waals surface area contributed by atoms with Crippen LogP contribution in [0.4, 0.5) is 5.69 Å². The van der Waals surface area contributed by atoms with Crippen molar-refractivity contribution in [3.63, 3.8) is 0 Å². The van der Waals surface area contributed by atoms with E-state index >= 15 is 0 Å². The van der Waals surface area contributed by atoms with Crippen molar-refractivity contribution in [1.29, 1.82) is 0 Å². The van der Waals surface area contributed by atoms with Crippen molar-refractivity contribution in [3.05, 3.63) is 151 Å². The van der Waals surface area contributed by atoms with E-state index in [4.69, 9.17) is 14.5 Å². The average molecular weight is 623 g/mol. The first-order valence-corrected chi connectivity index (χ1v) is 16.8. The highest BCUT2D eigenvalue weighted by atomic mass is 31.2. The molecule has 0 fully saturated rings. The monoisotopic (exact) mass is 622 g/mol. The number of esters is 1. The number of benzene rings is 5. The molecule has 0 radical (unpaired) electrons. The molecule has 0 bridgehead atoms. The second-order valence-corrected chi connectivity index (χ2v) is 14.3. The minimum atomic E-state index is -2.93. The molecule has 1 aliphatic rings. The third-order valence-corrected chi connectivity index (χ3v) is 12.8. The van der Waals surface area contributed by atoms with Gasteiger partial charge in [-0.3, -0.25) is 9.59 Å². The number of methoxy groups -OCH3 is 1. The van der Waals surface area contributed by atoms with Gasteiger partial charge < -0.3 is 9.47 Å². The van der Waals surface area contributed by atoms with Gasteiger partial charge in [0.1, 0.15) is 5.92 Å². The van der Waals surface area contributed by atoms with Crippen molar-refractivity contribution in [2.24, 2.45) is 4.99 Å². The molecule has 1 atom stereocenters. The summed E-state index contributed by atoms with van der Waals surface area (Å²) in [5.74, 6) is -1.10. The Morgan fingerprint density at radius 1 is 0.696 bits per heavy atom. The maximum Gasteiger partial charge on any atom is 0.318 e. The van der Waals surface area contributed by atoms with Crippen LogP contribution in [0.1, 0.15) is 23.2 Å². The van der Waals surface area contributed by atoms with E-state index in [1.165, 1.54) is 18.6 Å². The van der Waals surface area contributed by atoms with Gasteiger partial charge in [-0.25, -0.2) is 9.56 Å². The van der Waals surface area contributed by atoms with Gasteiger partial charge in [-0.1, -0.05) is 127 Å². The van der Waals surface area contributed by atoms with Crippen LogP contribution >= 0.6 is 6.89 Å². The second kappa shape index (κ2) is 12.2. The Labute approximate surface area is 267 Å². The summed E-state index contributed by atoms with van der Waals surface area (Å²) >= 11 is 0. The average Bonchev–Trinajstić information content (AvgIpc) is 3.44. The fourth-order valence-corrected chi connectivity index (χ4v) is 11.1. The van der Waals surface area contributed by atoms with Crippen molar-refractivity contribution in [3.8, 4) is 5.88 Å². The lowest BCUT2D eigenvalue weighted by Gasteiger charge is -2.37. The molecule has 1 aromatic heterocycles. The summed E-state index contributed by atoms with van der Waals surface area (Å²) in [6, 6.07) is 47.9. The Kier molecular flexibility index (Phi) is 7.73. The molecule has 1 unspecified atom stereocenters. The first-order valence-electron chi connectivity index (χ1n) is 15.0. The highest BCUT2D eigenvalue weighted by molar-refractivity contribution is 7.96. The van der Waals surface area contributed by atoms with E-state index in [1.807, 2.05) is 109 Å². The molecule has 0 amide bonds. The molecule has 6 aromatic rings. The standard InChI is InChI=1S/C39H31N2O4P/c1-27(42)41-33-26-16-15-25-32(33)34-35(39(43)44-2)36(37(45-38(34)41)40-28-17-7-3-8-18-28)46(29-19-9-4-10-20-29,30-21-11-5-12-22-30)31-23-13-6-14-24-31/h3-26,35H,1-2H3. The third-order valence-electron chi connectivity index (χ3n) is 8.37. The van der Waals surface area contributed by atoms with Crippen LogP contribution in [0.15, 0.2) is 151 Å². The van der Waals surface area contributed by atoms with Crippen molar-refractivity contribution in [2.45, 2.75) is 12.8 Å². The van der Waals surface area contributed by atoms with Gasteiger partial charge in [-0.15, -0.1) is 0 Å². The number of rotatable bonds is 5. The summed E-state index contributed by atoms with van der Waals surface area (Å²) in [4.78, 5) is 32.9. The van der Waals surface area contributed by atoms with Crippen LogP contribution in [-0.2, 0) is 9.53 Å². The molecule has 46 heavy (non-hydrogen) atoms. The summed E-state index contributed by atoms with van der Waals surface area (Å²) in [6.45, 7) is -1.44. The van der Waals surface area contributed by atoms with Gasteiger partial charge in [0, 0.05) is 23.2 Å². The number of aliphatic imine (C=N–C) groups is 1. The SMILES string of the molecule is COC(=O)C1C(=P(c2ccccc2)(c2ccccc2)c2ccccc2)C(=Nc2ccccc2)Oc2c1c1ccccc1n2C(C)=O. The van der Waals surface area contributed by atoms with E-state index in [1.54, 1.807) is 0 Å². The predicted molar refractivity (Wildman–Crippen MR) is 187 cm³/mol. The number of ether oxygens (including phenoxy) is 2. The number of para-hydroxylation sites is 2. The van der Waals surface area contributed by atoms with Crippen molar-refractivity contribution in [2.75, 3.05) is 7.11 Å². The zero-order valence-corrected chi connectivity index (χ0v) is 26.3. The molecule has 0 saturated carbocycles. The van der Waals surface area contributed by atoms with E-state index in [9.17, 15) is 9.59 Å². The van der Waals surface area contributed by atoms with E-state index in [0.29, 0.717) is 22.1 Å². The number of hydrogen-bond acceptors (Lipinski definition) is 5. The molecule has 226 valence electrons. The van der Waals surface area contributed by atoms with Gasteiger partial charge in [-0.2, -0.15) is 0 Å². The highest BCUT2D eigenvalue weighted by Crippen LogP contribution is 2.54. The zero-order chi connectivity index (χ0) is 31.7. The molecule has 0 N–H and O–H groups in total. The Bertz CT molecular complexity index is 2050. The lowest BCUT2D eigenvalue weighted by Crippen LogP contribution is -2.43. The maximum absolute atomic E-state index is 14.5. The topological polar surface area (TPSA) is 69.9 Å². The van der Waals surface area contributed by atoms with E-state index in [2.05, 4.69) is 36.4 Å². The first-order chi connectivity index (χ1) is 22.6. The minimum Gasteiger partial charge on any atom is -0.468 e. The van der Waals surface area contributed by atoms with Crippen molar-refractivity contribution >= 4 is 62.5 Å². The van der Waals surface area contributed by atoms with Crippen LogP contribution in [0, 0.1) is 0 Å². The van der Waals surface area contributed by atoms with Crippen LogP contribution in [-0.4, -0.2) is 34.7 Å². The number of carbonyl (C=O) groups excluding carboxylic acids is 2. The summed E-state index contributed by atoms with van der Waals surface area (Å²) in [5, 5.41) is 4.52. The smallest absolute Gasteiger partial charge is 0.318 e. The fourth-order valence-electron chi connectivity index (χ4n) is 6.54. The van der Waals surface area contributed by atoms with Gasteiger partial charge in [-0.05, 0) is 41.0 Å². The summed E-state index contributed by atoms with van der Waals surface area (Å²) in [6.07, 6.45) is 0. The lowest BCUT2D eigenvalue weighted by molar-refractivity contribution is -0.140. The van der Waals surface area contributed by atoms with Crippen LogP contribution in [0.25, 0.3) is 10.9 Å². The molecule has 7 rings (SSSR count). The van der Waals surface area contributed by atoms with Gasteiger partial charge in [0.25, 0.3) is 0 Å². The molecule has 0 aliphatic carbocycles. The van der Waals surface area contributed by atoms with Gasteiger partial charge in [0.05, 0.1) is 18.3 Å². The quantitative estimate of drug-likeness (QED) is 0.156. The van der Waals surface area contributed by atoms with Gasteiger partial charge in [0.15, 0.2) is 0 Å². The number of carbonyl (C=O) groups is 2. The molecule has 7 heteroatoms. The number of nitrogens with zero attached hydrogens (tertiary/aromatic N) is 2. The van der Waals surface area contributed by atoms with E-state index in [-0.39, 0.29) is 17.7 Å². The van der Waals surface area contributed by atoms with Crippen LogP contribution in [0.3, 0.4) is 0 Å². The molecule has 0 spiro atoms. The molecule has 0 saturated heterocycles. The highest BCUT2D eigenvalue weighted by Gasteiger charge is 2.47. The summed E-state index contributed by atoms with van der Waals surface area (Å²) in [5.41, 5.74) is 1.89. The van der Waals surface area contributed by atoms with Crippen LogP contribution < -0.4 is 20.7 Å². The number of aromatic nitrogens is 1. The lowest BCUT2D eigenvalue weighted by atomic mass is 9.92. The Morgan fingerprint density at radius 2 is 1.17 bits per heavy atom. The number of fused-ring (bicyclic) bond motifs is 3. The fraction of sp³-hybridized carbons (Fsp3) is 0.0769. The van der Waals surface area contributed by atoms with Gasteiger partial charge in [0.2, 0.25) is 17.7 Å². The minimum absolute atomic E-state index is 0.237.